The summed E-state index contributed by atoms with van der Waals surface area (Å²) in [5.41, 5.74) is 3.54. The van der Waals surface area contributed by atoms with Gasteiger partial charge in [0, 0.05) is 12.1 Å². The normalized spacial score (nSPS) is 18.4. The molecule has 5 heteroatoms. The molecule has 0 amide bonds. The minimum atomic E-state index is 0.0401. The lowest BCUT2D eigenvalue weighted by atomic mass is 9.89. The van der Waals surface area contributed by atoms with Gasteiger partial charge in [0.2, 0.25) is 6.79 Å². The molecule has 2 heterocycles. The minimum Gasteiger partial charge on any atom is -0.493 e. The van der Waals surface area contributed by atoms with E-state index in [1.807, 2.05) is 12.1 Å². The molecule has 2 aliphatic heterocycles. The van der Waals surface area contributed by atoms with Gasteiger partial charge in [-0.3, -0.25) is 0 Å². The van der Waals surface area contributed by atoms with E-state index in [0.29, 0.717) is 6.79 Å². The first-order valence-corrected chi connectivity index (χ1v) is 7.68. The van der Waals surface area contributed by atoms with Gasteiger partial charge in [-0.15, -0.1) is 0 Å². The van der Waals surface area contributed by atoms with Crippen molar-refractivity contribution in [2.24, 2.45) is 0 Å². The highest BCUT2D eigenvalue weighted by molar-refractivity contribution is 5.56. The second-order valence-corrected chi connectivity index (χ2v) is 5.62. The minimum absolute atomic E-state index is 0.0401. The van der Waals surface area contributed by atoms with Gasteiger partial charge in [0.25, 0.3) is 0 Å². The summed E-state index contributed by atoms with van der Waals surface area (Å²) in [7, 11) is 3.33. The van der Waals surface area contributed by atoms with Gasteiger partial charge in [-0.1, -0.05) is 12.1 Å². The van der Waals surface area contributed by atoms with Crippen molar-refractivity contribution in [2.75, 3.05) is 27.6 Å². The summed E-state index contributed by atoms with van der Waals surface area (Å²) >= 11 is 0. The molecule has 2 aromatic carbocycles. The first-order chi connectivity index (χ1) is 11.3. The summed E-state index contributed by atoms with van der Waals surface area (Å²) in [5, 5.41) is 3.58. The van der Waals surface area contributed by atoms with Crippen molar-refractivity contribution in [3.8, 4) is 23.0 Å². The molecule has 120 valence electrons. The Kier molecular flexibility index (Phi) is 3.50. The van der Waals surface area contributed by atoms with Crippen LogP contribution in [-0.4, -0.2) is 27.6 Å². The maximum absolute atomic E-state index is 5.61. The fourth-order valence-electron chi connectivity index (χ4n) is 3.36. The van der Waals surface area contributed by atoms with Crippen LogP contribution >= 0.6 is 0 Å². The lowest BCUT2D eigenvalue weighted by Crippen LogP contribution is -2.30. The number of para-hydroxylation sites is 1. The van der Waals surface area contributed by atoms with Gasteiger partial charge in [-0.2, -0.15) is 0 Å². The lowest BCUT2D eigenvalue weighted by Gasteiger charge is -2.29. The van der Waals surface area contributed by atoms with Gasteiger partial charge in [0.1, 0.15) is 0 Å². The quantitative estimate of drug-likeness (QED) is 0.944. The Morgan fingerprint density at radius 3 is 2.65 bits per heavy atom. The van der Waals surface area contributed by atoms with E-state index in [1.165, 1.54) is 11.1 Å². The van der Waals surface area contributed by atoms with Crippen molar-refractivity contribution in [3.63, 3.8) is 0 Å². The maximum atomic E-state index is 5.61. The van der Waals surface area contributed by atoms with Crippen LogP contribution in [0.3, 0.4) is 0 Å². The Bertz CT molecular complexity index is 744. The smallest absolute Gasteiger partial charge is 0.231 e. The van der Waals surface area contributed by atoms with Crippen LogP contribution in [0.25, 0.3) is 0 Å². The van der Waals surface area contributed by atoms with E-state index in [-0.39, 0.29) is 6.04 Å². The zero-order valence-corrected chi connectivity index (χ0v) is 13.2. The number of nitrogens with one attached hydrogen (secondary N) is 1. The molecule has 2 aromatic rings. The molecule has 0 spiro atoms. The topological polar surface area (TPSA) is 49.0 Å². The third-order valence-electron chi connectivity index (χ3n) is 4.43. The van der Waals surface area contributed by atoms with Crippen LogP contribution in [0.1, 0.15) is 22.7 Å². The summed E-state index contributed by atoms with van der Waals surface area (Å²) in [6.07, 6.45) is 0.967. The third kappa shape index (κ3) is 2.28. The molecule has 0 radical (unpaired) electrons. The van der Waals surface area contributed by atoms with Crippen LogP contribution in [-0.2, 0) is 6.42 Å². The van der Waals surface area contributed by atoms with Crippen molar-refractivity contribution in [3.05, 3.63) is 47.0 Å². The highest BCUT2D eigenvalue weighted by Gasteiger charge is 2.28. The molecule has 2 aliphatic rings. The van der Waals surface area contributed by atoms with E-state index >= 15 is 0 Å². The van der Waals surface area contributed by atoms with E-state index in [1.54, 1.807) is 14.2 Å². The molecule has 1 atom stereocenters. The Morgan fingerprint density at radius 2 is 1.87 bits per heavy atom. The number of hydrogen-bond acceptors (Lipinski definition) is 5. The zero-order valence-electron chi connectivity index (χ0n) is 13.2. The number of benzene rings is 2. The molecule has 5 nitrogen and oxygen atoms in total. The van der Waals surface area contributed by atoms with Gasteiger partial charge >= 0.3 is 0 Å². The average molecular weight is 313 g/mol. The van der Waals surface area contributed by atoms with Crippen molar-refractivity contribution >= 4 is 0 Å². The van der Waals surface area contributed by atoms with Crippen LogP contribution in [0, 0.1) is 0 Å². The highest BCUT2D eigenvalue weighted by Crippen LogP contribution is 2.43. The van der Waals surface area contributed by atoms with E-state index in [4.69, 9.17) is 18.9 Å². The average Bonchev–Trinajstić information content (AvgIpc) is 3.05. The Morgan fingerprint density at radius 1 is 1.04 bits per heavy atom. The van der Waals surface area contributed by atoms with Gasteiger partial charge in [-0.05, 0) is 35.7 Å². The van der Waals surface area contributed by atoms with Crippen LogP contribution in [0.4, 0.5) is 0 Å². The standard InChI is InChI=1S/C18H19NO4/c1-20-14-5-3-4-12(18(14)21-2)17-13-9-16-15(22-10-23-16)8-11(13)6-7-19-17/h3-5,8-9,17,19H,6-7,10H2,1-2H3. The van der Waals surface area contributed by atoms with Crippen molar-refractivity contribution < 1.29 is 18.9 Å². The second-order valence-electron chi connectivity index (χ2n) is 5.62. The Labute approximate surface area is 135 Å². The molecule has 1 unspecified atom stereocenters. The molecule has 0 fully saturated rings. The molecule has 1 N–H and O–H groups in total. The van der Waals surface area contributed by atoms with E-state index in [9.17, 15) is 0 Å². The maximum Gasteiger partial charge on any atom is 0.231 e. The Balaban J connectivity index is 1.84. The van der Waals surface area contributed by atoms with Gasteiger partial charge in [-0.25, -0.2) is 0 Å². The van der Waals surface area contributed by atoms with Gasteiger partial charge in [0.05, 0.1) is 20.3 Å². The summed E-state index contributed by atoms with van der Waals surface area (Å²) in [6, 6.07) is 10.2. The van der Waals surface area contributed by atoms with Crippen LogP contribution in [0.15, 0.2) is 30.3 Å². The number of hydrogen-bond donors (Lipinski definition) is 1. The van der Waals surface area contributed by atoms with Crippen molar-refractivity contribution in [1.29, 1.82) is 0 Å². The molecule has 0 saturated heterocycles. The summed E-state index contributed by atoms with van der Waals surface area (Å²) in [6.45, 7) is 1.19. The molecular weight excluding hydrogens is 294 g/mol. The SMILES string of the molecule is COc1cccc(C2NCCc3cc4c(cc32)OCO4)c1OC. The number of rotatable bonds is 3. The molecule has 0 aromatic heterocycles. The van der Waals surface area contributed by atoms with Crippen LogP contribution < -0.4 is 24.3 Å². The lowest BCUT2D eigenvalue weighted by molar-refractivity contribution is 0.174. The molecule has 0 saturated carbocycles. The van der Waals surface area contributed by atoms with E-state index < -0.39 is 0 Å². The molecule has 4 rings (SSSR count). The predicted octanol–water partition coefficient (Wildman–Crippen LogP) is 2.67. The summed E-state index contributed by atoms with van der Waals surface area (Å²) < 4.78 is 22.1. The zero-order chi connectivity index (χ0) is 15.8. The Hall–Kier alpha value is -2.40. The number of methoxy groups -OCH3 is 2. The van der Waals surface area contributed by atoms with Gasteiger partial charge in [0.15, 0.2) is 23.0 Å². The number of fused-ring (bicyclic) bond motifs is 2. The fraction of sp³-hybridized carbons (Fsp3) is 0.333. The third-order valence-corrected chi connectivity index (χ3v) is 4.43. The van der Waals surface area contributed by atoms with E-state index in [0.717, 1.165) is 41.5 Å². The predicted molar refractivity (Wildman–Crippen MR) is 85.7 cm³/mol. The van der Waals surface area contributed by atoms with Crippen LogP contribution in [0.2, 0.25) is 0 Å². The monoisotopic (exact) mass is 313 g/mol. The molecule has 23 heavy (non-hydrogen) atoms. The number of ether oxygens (including phenoxy) is 4. The second kappa shape index (κ2) is 5.66. The highest BCUT2D eigenvalue weighted by atomic mass is 16.7. The van der Waals surface area contributed by atoms with Gasteiger partial charge < -0.3 is 24.3 Å². The summed E-state index contributed by atoms with van der Waals surface area (Å²) in [4.78, 5) is 0. The van der Waals surface area contributed by atoms with Crippen LogP contribution in [0.5, 0.6) is 23.0 Å². The van der Waals surface area contributed by atoms with Crippen molar-refractivity contribution in [1.82, 2.24) is 5.32 Å². The first-order valence-electron chi connectivity index (χ1n) is 7.68. The molecule has 0 bridgehead atoms. The molecular formula is C18H19NO4. The first kappa shape index (κ1) is 14.2. The van der Waals surface area contributed by atoms with E-state index in [2.05, 4.69) is 23.5 Å². The largest absolute Gasteiger partial charge is 0.493 e. The van der Waals surface area contributed by atoms with Crippen molar-refractivity contribution in [2.45, 2.75) is 12.5 Å². The summed E-state index contributed by atoms with van der Waals surface area (Å²) in [5.74, 6) is 3.14. The molecule has 0 aliphatic carbocycles. The fourth-order valence-corrected chi connectivity index (χ4v) is 3.36.